The van der Waals surface area contributed by atoms with Gasteiger partial charge in [-0.15, -0.1) is 0 Å². The molecule has 0 saturated carbocycles. The Hall–Kier alpha value is -2.91. The fraction of sp³-hybridized carbons (Fsp3) is 0.200. The molecule has 0 unspecified atom stereocenters. The van der Waals surface area contributed by atoms with Crippen LogP contribution in [0.15, 0.2) is 60.7 Å². The molecule has 0 atom stereocenters. The van der Waals surface area contributed by atoms with E-state index in [4.69, 9.17) is 11.6 Å². The highest BCUT2D eigenvalue weighted by molar-refractivity contribution is 6.33. The molecule has 0 fully saturated rings. The number of hydrogen-bond acceptors (Lipinski definition) is 2. The molecule has 0 saturated heterocycles. The van der Waals surface area contributed by atoms with Crippen molar-refractivity contribution in [3.05, 3.63) is 87.9 Å². The summed E-state index contributed by atoms with van der Waals surface area (Å²) in [5.41, 5.74) is 6.29. The average Bonchev–Trinajstić information content (AvgIpc) is 2.72. The molecule has 3 aromatic rings. The molecule has 0 radical (unpaired) electrons. The lowest BCUT2D eigenvalue weighted by Gasteiger charge is -2.30. The number of carbonyl (C=O) groups is 2. The van der Waals surface area contributed by atoms with E-state index in [0.29, 0.717) is 22.7 Å². The summed E-state index contributed by atoms with van der Waals surface area (Å²) in [6, 6.07) is 19.1. The summed E-state index contributed by atoms with van der Waals surface area (Å²) in [7, 11) is 0. The van der Waals surface area contributed by atoms with E-state index < -0.39 is 0 Å². The second-order valence-corrected chi connectivity index (χ2v) is 7.93. The number of rotatable bonds is 3. The van der Waals surface area contributed by atoms with Gasteiger partial charge in [0, 0.05) is 33.9 Å². The van der Waals surface area contributed by atoms with Crippen LogP contribution in [0.1, 0.15) is 45.2 Å². The molecule has 1 amide bonds. The van der Waals surface area contributed by atoms with E-state index >= 15 is 0 Å². The van der Waals surface area contributed by atoms with Crippen molar-refractivity contribution in [1.82, 2.24) is 0 Å². The highest BCUT2D eigenvalue weighted by atomic mass is 35.5. The van der Waals surface area contributed by atoms with Crippen LogP contribution >= 0.6 is 11.6 Å². The lowest BCUT2D eigenvalue weighted by Crippen LogP contribution is -2.35. The van der Waals surface area contributed by atoms with Crippen molar-refractivity contribution in [3.63, 3.8) is 0 Å². The number of halogens is 1. The monoisotopic (exact) mass is 403 g/mol. The first-order valence-corrected chi connectivity index (χ1v) is 10.1. The van der Waals surface area contributed by atoms with Gasteiger partial charge in [0.1, 0.15) is 0 Å². The Morgan fingerprint density at radius 2 is 1.79 bits per heavy atom. The fourth-order valence-corrected chi connectivity index (χ4v) is 4.10. The van der Waals surface area contributed by atoms with Crippen molar-refractivity contribution in [3.8, 4) is 11.1 Å². The van der Waals surface area contributed by atoms with Gasteiger partial charge >= 0.3 is 0 Å². The lowest BCUT2D eigenvalue weighted by atomic mass is 9.94. The van der Waals surface area contributed by atoms with Crippen LogP contribution < -0.4 is 4.90 Å². The van der Waals surface area contributed by atoms with Crippen molar-refractivity contribution in [2.75, 3.05) is 11.4 Å². The van der Waals surface area contributed by atoms with Gasteiger partial charge in [-0.1, -0.05) is 35.4 Å². The second-order valence-electron chi connectivity index (χ2n) is 7.52. The molecule has 4 rings (SSSR count). The molecule has 0 N–H and O–H groups in total. The highest BCUT2D eigenvalue weighted by Crippen LogP contribution is 2.35. The molecule has 1 aliphatic rings. The predicted octanol–water partition coefficient (Wildman–Crippen LogP) is 6.11. The molecule has 146 valence electrons. The number of benzene rings is 3. The molecule has 0 bridgehead atoms. The van der Waals surface area contributed by atoms with Crippen molar-refractivity contribution in [2.45, 2.75) is 26.7 Å². The highest BCUT2D eigenvalue weighted by Gasteiger charge is 2.24. The molecule has 3 aromatic carbocycles. The van der Waals surface area contributed by atoms with Crippen molar-refractivity contribution >= 4 is 29.0 Å². The number of fused-ring (bicyclic) bond motifs is 1. The van der Waals surface area contributed by atoms with E-state index in [1.165, 1.54) is 0 Å². The third kappa shape index (κ3) is 3.83. The van der Waals surface area contributed by atoms with Crippen LogP contribution in [0.2, 0.25) is 5.02 Å². The Labute approximate surface area is 175 Å². The molecule has 1 heterocycles. The maximum Gasteiger partial charge on any atom is 0.258 e. The fourth-order valence-electron chi connectivity index (χ4n) is 3.88. The van der Waals surface area contributed by atoms with Crippen LogP contribution in [-0.2, 0) is 6.42 Å². The molecule has 0 spiro atoms. The topological polar surface area (TPSA) is 37.4 Å². The van der Waals surface area contributed by atoms with Crippen LogP contribution in [0.4, 0.5) is 5.69 Å². The minimum atomic E-state index is 0.0100. The normalized spacial score (nSPS) is 13.1. The van der Waals surface area contributed by atoms with E-state index in [1.807, 2.05) is 54.3 Å². The third-order valence-corrected chi connectivity index (χ3v) is 5.72. The number of hydrogen-bond donors (Lipinski definition) is 0. The zero-order valence-electron chi connectivity index (χ0n) is 16.5. The van der Waals surface area contributed by atoms with Crippen LogP contribution in [0.3, 0.4) is 0 Å². The molecule has 0 aromatic heterocycles. The van der Waals surface area contributed by atoms with E-state index in [1.54, 1.807) is 19.1 Å². The molecule has 0 aliphatic carbocycles. The molecular formula is C25H22ClNO2. The van der Waals surface area contributed by atoms with Crippen LogP contribution in [0.5, 0.6) is 0 Å². The third-order valence-electron chi connectivity index (χ3n) is 5.39. The molecular weight excluding hydrogens is 382 g/mol. The summed E-state index contributed by atoms with van der Waals surface area (Å²) >= 11 is 6.42. The summed E-state index contributed by atoms with van der Waals surface area (Å²) in [6.45, 7) is 4.25. The zero-order chi connectivity index (χ0) is 20.5. The van der Waals surface area contributed by atoms with E-state index in [9.17, 15) is 9.59 Å². The minimum Gasteiger partial charge on any atom is -0.308 e. The second kappa shape index (κ2) is 7.84. The first-order chi connectivity index (χ1) is 13.9. The van der Waals surface area contributed by atoms with E-state index in [-0.39, 0.29) is 11.7 Å². The number of anilines is 1. The van der Waals surface area contributed by atoms with Gasteiger partial charge in [-0.05, 0) is 80.3 Å². The number of aryl methyl sites for hydroxylation is 2. The van der Waals surface area contributed by atoms with Gasteiger partial charge in [0.15, 0.2) is 5.78 Å². The summed E-state index contributed by atoms with van der Waals surface area (Å²) in [5.74, 6) is 0.0369. The van der Waals surface area contributed by atoms with E-state index in [0.717, 1.165) is 40.8 Å². The SMILES string of the molecule is CC(=O)c1ccc(Cl)c(-c2ccc3c(c2)CCCN3C(=O)c2cccc(C)c2)c1. The van der Waals surface area contributed by atoms with Gasteiger partial charge in [0.25, 0.3) is 5.91 Å². The summed E-state index contributed by atoms with van der Waals surface area (Å²) in [6.07, 6.45) is 1.82. The first kappa shape index (κ1) is 19.4. The number of Topliss-reactive ketones (excluding diaryl/α,β-unsaturated/α-hetero) is 1. The Morgan fingerprint density at radius 3 is 2.55 bits per heavy atom. The van der Waals surface area contributed by atoms with Crippen LogP contribution in [0.25, 0.3) is 11.1 Å². The lowest BCUT2D eigenvalue weighted by molar-refractivity contribution is 0.0983. The van der Waals surface area contributed by atoms with Crippen LogP contribution in [-0.4, -0.2) is 18.2 Å². The van der Waals surface area contributed by atoms with E-state index in [2.05, 4.69) is 6.07 Å². The summed E-state index contributed by atoms with van der Waals surface area (Å²) in [5, 5.41) is 0.610. The van der Waals surface area contributed by atoms with Crippen molar-refractivity contribution < 1.29 is 9.59 Å². The number of nitrogens with zero attached hydrogens (tertiary/aromatic N) is 1. The van der Waals surface area contributed by atoms with Crippen molar-refractivity contribution in [2.24, 2.45) is 0 Å². The Morgan fingerprint density at radius 1 is 0.966 bits per heavy atom. The summed E-state index contributed by atoms with van der Waals surface area (Å²) in [4.78, 5) is 26.7. The number of carbonyl (C=O) groups excluding carboxylic acids is 2. The first-order valence-electron chi connectivity index (χ1n) is 9.76. The standard InChI is InChI=1S/C25H22ClNO2/c1-16-5-3-6-21(13-16)25(29)27-12-4-7-20-14-19(9-11-24(20)27)22-15-18(17(2)28)8-10-23(22)26/h3,5-6,8-11,13-15H,4,7,12H2,1-2H3. The van der Waals surface area contributed by atoms with Gasteiger partial charge in [-0.2, -0.15) is 0 Å². The van der Waals surface area contributed by atoms with Crippen molar-refractivity contribution in [1.29, 1.82) is 0 Å². The number of amides is 1. The van der Waals surface area contributed by atoms with Gasteiger partial charge in [-0.25, -0.2) is 0 Å². The Balaban J connectivity index is 1.72. The Kier molecular flexibility index (Phi) is 5.25. The molecule has 3 nitrogen and oxygen atoms in total. The van der Waals surface area contributed by atoms with Gasteiger partial charge < -0.3 is 4.90 Å². The van der Waals surface area contributed by atoms with Gasteiger partial charge in [0.05, 0.1) is 0 Å². The largest absolute Gasteiger partial charge is 0.308 e. The molecule has 4 heteroatoms. The minimum absolute atomic E-state index is 0.0100. The van der Waals surface area contributed by atoms with Gasteiger partial charge in [0.2, 0.25) is 0 Å². The van der Waals surface area contributed by atoms with Crippen LogP contribution in [0, 0.1) is 6.92 Å². The average molecular weight is 404 g/mol. The maximum absolute atomic E-state index is 13.1. The molecule has 29 heavy (non-hydrogen) atoms. The molecule has 1 aliphatic heterocycles. The zero-order valence-corrected chi connectivity index (χ0v) is 17.3. The Bertz CT molecular complexity index is 1120. The smallest absolute Gasteiger partial charge is 0.258 e. The van der Waals surface area contributed by atoms with Gasteiger partial charge in [-0.3, -0.25) is 9.59 Å². The predicted molar refractivity (Wildman–Crippen MR) is 118 cm³/mol. The number of ketones is 1. The summed E-state index contributed by atoms with van der Waals surface area (Å²) < 4.78 is 0. The quantitative estimate of drug-likeness (QED) is 0.494. The maximum atomic E-state index is 13.1.